The van der Waals surface area contributed by atoms with Crippen LogP contribution in [-0.2, 0) is 0 Å². The van der Waals surface area contributed by atoms with E-state index in [1.807, 2.05) is 30.9 Å². The number of Topliss-reactive ketones (excluding diaryl/α,β-unsaturated/α-hetero) is 1. The summed E-state index contributed by atoms with van der Waals surface area (Å²) in [5.41, 5.74) is 8.03. The van der Waals surface area contributed by atoms with Gasteiger partial charge in [0.05, 0.1) is 19.5 Å². The van der Waals surface area contributed by atoms with E-state index in [1.54, 1.807) is 13.3 Å². The van der Waals surface area contributed by atoms with E-state index in [2.05, 4.69) is 9.97 Å². The van der Waals surface area contributed by atoms with Crippen LogP contribution in [0.4, 0.5) is 5.82 Å². The Balaban J connectivity index is 1.81. The summed E-state index contributed by atoms with van der Waals surface area (Å²) in [5, 5.41) is 0. The lowest BCUT2D eigenvalue weighted by Crippen LogP contribution is -2.39. The molecule has 7 heteroatoms. The van der Waals surface area contributed by atoms with E-state index in [1.165, 1.54) is 6.20 Å². The maximum Gasteiger partial charge on any atom is 0.268 e. The van der Waals surface area contributed by atoms with Gasteiger partial charge in [-0.25, -0.2) is 4.98 Å². The quantitative estimate of drug-likeness (QED) is 0.813. The number of primary amides is 1. The number of aryl methyl sites for hydroxylation is 2. The first-order chi connectivity index (χ1) is 12.9. The molecule has 7 nitrogen and oxygen atoms in total. The first kappa shape index (κ1) is 18.8. The zero-order chi connectivity index (χ0) is 19.6. The van der Waals surface area contributed by atoms with E-state index in [0.717, 1.165) is 36.3 Å². The van der Waals surface area contributed by atoms with Gasteiger partial charge in [0.15, 0.2) is 5.78 Å². The van der Waals surface area contributed by atoms with Crippen molar-refractivity contribution in [1.29, 1.82) is 0 Å². The van der Waals surface area contributed by atoms with E-state index in [0.29, 0.717) is 17.9 Å². The van der Waals surface area contributed by atoms with Crippen LogP contribution < -0.4 is 15.4 Å². The average molecular weight is 368 g/mol. The standard InChI is InChI=1S/C20H24N4O3/c1-12-7-15(8-13(2)19(12)27-3)18(25)14-5-4-6-24(11-14)17-10-22-9-16(23-17)20(21)26/h7-10,14H,4-6,11H2,1-3H3,(H2,21,26). The number of hydrogen-bond donors (Lipinski definition) is 1. The van der Waals surface area contributed by atoms with Crippen molar-refractivity contribution in [2.75, 3.05) is 25.1 Å². The molecule has 3 rings (SSSR count). The van der Waals surface area contributed by atoms with Crippen molar-refractivity contribution in [3.63, 3.8) is 0 Å². The minimum atomic E-state index is -0.613. The summed E-state index contributed by atoms with van der Waals surface area (Å²) >= 11 is 0. The molecule has 1 atom stereocenters. The van der Waals surface area contributed by atoms with Gasteiger partial charge < -0.3 is 15.4 Å². The zero-order valence-corrected chi connectivity index (χ0v) is 15.9. The molecule has 1 saturated heterocycles. The number of aromatic nitrogens is 2. The number of nitrogens with zero attached hydrogens (tertiary/aromatic N) is 3. The van der Waals surface area contributed by atoms with Crippen LogP contribution in [-0.4, -0.2) is 41.9 Å². The second-order valence-electron chi connectivity index (χ2n) is 6.92. The fourth-order valence-corrected chi connectivity index (χ4v) is 3.68. The smallest absolute Gasteiger partial charge is 0.268 e. The van der Waals surface area contributed by atoms with Gasteiger partial charge in [-0.15, -0.1) is 0 Å². The Kier molecular flexibility index (Phi) is 5.39. The lowest BCUT2D eigenvalue weighted by Gasteiger charge is -2.32. The number of piperidine rings is 1. The van der Waals surface area contributed by atoms with Crippen LogP contribution in [0.15, 0.2) is 24.5 Å². The van der Waals surface area contributed by atoms with E-state index < -0.39 is 5.91 Å². The Morgan fingerprint density at radius 3 is 2.56 bits per heavy atom. The number of benzene rings is 1. The monoisotopic (exact) mass is 368 g/mol. The Labute approximate surface area is 158 Å². The van der Waals surface area contributed by atoms with Crippen LogP contribution in [0.5, 0.6) is 5.75 Å². The molecule has 1 aliphatic rings. The molecule has 1 unspecified atom stereocenters. The lowest BCUT2D eigenvalue weighted by molar-refractivity contribution is 0.0905. The highest BCUT2D eigenvalue weighted by molar-refractivity contribution is 5.99. The lowest BCUT2D eigenvalue weighted by atomic mass is 9.88. The van der Waals surface area contributed by atoms with Crippen LogP contribution in [0, 0.1) is 19.8 Å². The van der Waals surface area contributed by atoms with Gasteiger partial charge in [-0.1, -0.05) is 0 Å². The number of methoxy groups -OCH3 is 1. The number of ether oxygens (including phenoxy) is 1. The van der Waals surface area contributed by atoms with Gasteiger partial charge >= 0.3 is 0 Å². The highest BCUT2D eigenvalue weighted by atomic mass is 16.5. The summed E-state index contributed by atoms with van der Waals surface area (Å²) < 4.78 is 5.39. The molecule has 0 saturated carbocycles. The summed E-state index contributed by atoms with van der Waals surface area (Å²) in [6.07, 6.45) is 4.64. The Bertz CT molecular complexity index is 858. The molecule has 0 bridgehead atoms. The number of nitrogens with two attached hydrogens (primary N) is 1. The number of carbonyl (C=O) groups excluding carboxylic acids is 2. The van der Waals surface area contributed by atoms with Crippen molar-refractivity contribution >= 4 is 17.5 Å². The molecule has 27 heavy (non-hydrogen) atoms. The third-order valence-electron chi connectivity index (χ3n) is 4.94. The van der Waals surface area contributed by atoms with Crippen molar-refractivity contribution < 1.29 is 14.3 Å². The molecule has 1 aromatic carbocycles. The van der Waals surface area contributed by atoms with Crippen molar-refractivity contribution in [2.24, 2.45) is 11.7 Å². The average Bonchev–Trinajstić information content (AvgIpc) is 2.67. The zero-order valence-electron chi connectivity index (χ0n) is 15.9. The fraction of sp³-hybridized carbons (Fsp3) is 0.400. The Hall–Kier alpha value is -2.96. The topological polar surface area (TPSA) is 98.4 Å². The summed E-state index contributed by atoms with van der Waals surface area (Å²) in [6.45, 7) is 5.20. The van der Waals surface area contributed by atoms with E-state index >= 15 is 0 Å². The van der Waals surface area contributed by atoms with Gasteiger partial charge in [-0.2, -0.15) is 0 Å². The number of anilines is 1. The minimum absolute atomic E-state index is 0.118. The summed E-state index contributed by atoms with van der Waals surface area (Å²) in [7, 11) is 1.64. The molecule has 2 N–H and O–H groups in total. The predicted octanol–water partition coefficient (Wildman–Crippen LogP) is 2.30. The molecule has 0 aliphatic carbocycles. The summed E-state index contributed by atoms with van der Waals surface area (Å²) in [6, 6.07) is 3.78. The highest BCUT2D eigenvalue weighted by Crippen LogP contribution is 2.28. The van der Waals surface area contributed by atoms with E-state index in [9.17, 15) is 9.59 Å². The normalized spacial score (nSPS) is 16.9. The van der Waals surface area contributed by atoms with Gasteiger partial charge in [0.2, 0.25) is 0 Å². The summed E-state index contributed by atoms with van der Waals surface area (Å²) in [4.78, 5) is 34.7. The molecule has 1 fully saturated rings. The Morgan fingerprint density at radius 2 is 1.93 bits per heavy atom. The molecule has 1 amide bonds. The molecule has 0 radical (unpaired) electrons. The first-order valence-electron chi connectivity index (χ1n) is 8.97. The third-order valence-corrected chi connectivity index (χ3v) is 4.94. The SMILES string of the molecule is COc1c(C)cc(C(=O)C2CCCN(c3cncc(C(N)=O)n3)C2)cc1C. The van der Waals surface area contributed by atoms with Crippen LogP contribution in [0.25, 0.3) is 0 Å². The molecule has 1 aromatic heterocycles. The van der Waals surface area contributed by atoms with E-state index in [4.69, 9.17) is 10.5 Å². The number of hydrogen-bond acceptors (Lipinski definition) is 6. The van der Waals surface area contributed by atoms with Crippen LogP contribution in [0.1, 0.15) is 44.8 Å². The van der Waals surface area contributed by atoms with Gasteiger partial charge in [-0.05, 0) is 49.9 Å². The van der Waals surface area contributed by atoms with Crippen molar-refractivity contribution in [1.82, 2.24) is 9.97 Å². The van der Waals surface area contributed by atoms with Crippen molar-refractivity contribution in [3.05, 3.63) is 46.9 Å². The van der Waals surface area contributed by atoms with Gasteiger partial charge in [-0.3, -0.25) is 14.6 Å². The van der Waals surface area contributed by atoms with Gasteiger partial charge in [0.1, 0.15) is 17.3 Å². The van der Waals surface area contributed by atoms with Crippen molar-refractivity contribution in [3.8, 4) is 5.75 Å². The maximum absolute atomic E-state index is 13.1. The third kappa shape index (κ3) is 3.92. The van der Waals surface area contributed by atoms with Crippen LogP contribution in [0.3, 0.4) is 0 Å². The molecule has 2 aromatic rings. The largest absolute Gasteiger partial charge is 0.496 e. The molecule has 2 heterocycles. The number of rotatable bonds is 5. The predicted molar refractivity (Wildman–Crippen MR) is 102 cm³/mol. The number of carbonyl (C=O) groups is 2. The molecular weight excluding hydrogens is 344 g/mol. The number of ketones is 1. The van der Waals surface area contributed by atoms with Crippen LogP contribution in [0.2, 0.25) is 0 Å². The molecule has 1 aliphatic heterocycles. The second-order valence-corrected chi connectivity index (χ2v) is 6.92. The molecular formula is C20H24N4O3. The Morgan fingerprint density at radius 1 is 1.22 bits per heavy atom. The van der Waals surface area contributed by atoms with E-state index in [-0.39, 0.29) is 17.4 Å². The van der Waals surface area contributed by atoms with Crippen LogP contribution >= 0.6 is 0 Å². The first-order valence-corrected chi connectivity index (χ1v) is 8.97. The maximum atomic E-state index is 13.1. The molecule has 0 spiro atoms. The second kappa shape index (κ2) is 7.73. The van der Waals surface area contributed by atoms with Gasteiger partial charge in [0.25, 0.3) is 5.91 Å². The molecule has 142 valence electrons. The minimum Gasteiger partial charge on any atom is -0.496 e. The van der Waals surface area contributed by atoms with Gasteiger partial charge in [0, 0.05) is 24.6 Å². The van der Waals surface area contributed by atoms with Crippen molar-refractivity contribution in [2.45, 2.75) is 26.7 Å². The number of amides is 1. The highest BCUT2D eigenvalue weighted by Gasteiger charge is 2.28. The summed E-state index contributed by atoms with van der Waals surface area (Å²) in [5.74, 6) is 0.761. The fourth-order valence-electron chi connectivity index (χ4n) is 3.68.